The Morgan fingerprint density at radius 3 is 2.58 bits per heavy atom. The fraction of sp³-hybridized carbons (Fsp3) is 0.316. The summed E-state index contributed by atoms with van der Waals surface area (Å²) in [4.78, 5) is 12.5. The Morgan fingerprint density at radius 1 is 1.08 bits per heavy atom. The molecule has 2 N–H and O–H groups in total. The van der Waals surface area contributed by atoms with Crippen LogP contribution in [0.1, 0.15) is 6.92 Å². The number of anilines is 2. The molecule has 0 spiro atoms. The zero-order chi connectivity index (χ0) is 18.9. The Kier molecular flexibility index (Phi) is 7.56. The van der Waals surface area contributed by atoms with E-state index in [2.05, 4.69) is 10.6 Å². The zero-order valence-corrected chi connectivity index (χ0v) is 15.8. The largest absolute Gasteiger partial charge is 0.495 e. The van der Waals surface area contributed by atoms with Gasteiger partial charge in [0.15, 0.2) is 0 Å². The van der Waals surface area contributed by atoms with Crippen LogP contribution in [0.4, 0.5) is 11.4 Å². The molecule has 2 aromatic carbocycles. The summed E-state index contributed by atoms with van der Waals surface area (Å²) in [5.74, 6) is 0.972. The van der Waals surface area contributed by atoms with Crippen LogP contribution in [0.3, 0.4) is 0 Å². The van der Waals surface area contributed by atoms with Crippen molar-refractivity contribution in [1.82, 2.24) is 0 Å². The Labute approximate surface area is 158 Å². The molecule has 0 aromatic heterocycles. The summed E-state index contributed by atoms with van der Waals surface area (Å²) in [6.07, 6.45) is 0. The van der Waals surface area contributed by atoms with E-state index < -0.39 is 6.04 Å². The van der Waals surface area contributed by atoms with Crippen LogP contribution in [0.15, 0.2) is 42.5 Å². The third-order valence-corrected chi connectivity index (χ3v) is 3.85. The van der Waals surface area contributed by atoms with Crippen LogP contribution in [0.2, 0.25) is 5.02 Å². The molecule has 7 heteroatoms. The number of methoxy groups -OCH3 is 2. The smallest absolute Gasteiger partial charge is 0.246 e. The van der Waals surface area contributed by atoms with E-state index in [4.69, 9.17) is 25.8 Å². The molecule has 1 amide bonds. The van der Waals surface area contributed by atoms with Crippen LogP contribution >= 0.6 is 11.6 Å². The molecule has 6 nitrogen and oxygen atoms in total. The second kappa shape index (κ2) is 9.89. The maximum Gasteiger partial charge on any atom is 0.246 e. The Hall–Kier alpha value is -2.44. The molecule has 0 aliphatic rings. The van der Waals surface area contributed by atoms with Gasteiger partial charge in [-0.3, -0.25) is 4.79 Å². The van der Waals surface area contributed by atoms with Crippen molar-refractivity contribution in [2.75, 3.05) is 38.1 Å². The van der Waals surface area contributed by atoms with E-state index in [1.54, 1.807) is 32.2 Å². The van der Waals surface area contributed by atoms with Crippen LogP contribution in [0.25, 0.3) is 0 Å². The fourth-order valence-corrected chi connectivity index (χ4v) is 2.44. The van der Waals surface area contributed by atoms with Gasteiger partial charge in [-0.1, -0.05) is 23.7 Å². The fourth-order valence-electron chi connectivity index (χ4n) is 2.26. The summed E-state index contributed by atoms with van der Waals surface area (Å²) in [6.45, 7) is 2.67. The first-order valence-electron chi connectivity index (χ1n) is 8.17. The molecule has 1 atom stereocenters. The molecule has 140 valence electrons. The van der Waals surface area contributed by atoms with Gasteiger partial charge in [-0.15, -0.1) is 0 Å². The van der Waals surface area contributed by atoms with Crippen LogP contribution in [0.5, 0.6) is 11.5 Å². The third-order valence-electron chi connectivity index (χ3n) is 3.62. The second-order valence-corrected chi connectivity index (χ2v) is 5.97. The highest BCUT2D eigenvalue weighted by Gasteiger charge is 2.17. The quantitative estimate of drug-likeness (QED) is 0.649. The second-order valence-electron chi connectivity index (χ2n) is 5.54. The van der Waals surface area contributed by atoms with Crippen LogP contribution in [-0.2, 0) is 9.53 Å². The van der Waals surface area contributed by atoms with Crippen molar-refractivity contribution in [3.8, 4) is 11.5 Å². The SMILES string of the molecule is COCCOc1ccccc1NC(C)C(=O)Nc1cc(Cl)ccc1OC. The van der Waals surface area contributed by atoms with E-state index in [1.165, 1.54) is 7.11 Å². The number of amides is 1. The van der Waals surface area contributed by atoms with Gasteiger partial charge in [0.25, 0.3) is 0 Å². The van der Waals surface area contributed by atoms with Crippen molar-refractivity contribution in [3.63, 3.8) is 0 Å². The number of para-hydroxylation sites is 2. The highest BCUT2D eigenvalue weighted by molar-refractivity contribution is 6.31. The molecule has 0 radical (unpaired) electrons. The van der Waals surface area contributed by atoms with Crippen molar-refractivity contribution in [2.24, 2.45) is 0 Å². The summed E-state index contributed by atoms with van der Waals surface area (Å²) in [7, 11) is 3.15. The van der Waals surface area contributed by atoms with E-state index >= 15 is 0 Å². The van der Waals surface area contributed by atoms with Gasteiger partial charge < -0.3 is 24.8 Å². The highest BCUT2D eigenvalue weighted by Crippen LogP contribution is 2.28. The molecule has 1 unspecified atom stereocenters. The Balaban J connectivity index is 2.05. The first kappa shape index (κ1) is 19.9. The number of halogens is 1. The lowest BCUT2D eigenvalue weighted by Crippen LogP contribution is -2.32. The van der Waals surface area contributed by atoms with Crippen molar-refractivity contribution in [1.29, 1.82) is 0 Å². The van der Waals surface area contributed by atoms with Gasteiger partial charge in [0.05, 0.1) is 25.1 Å². The number of benzene rings is 2. The first-order chi connectivity index (χ1) is 12.5. The molecule has 0 heterocycles. The molecule has 0 saturated heterocycles. The van der Waals surface area contributed by atoms with Crippen molar-refractivity contribution >= 4 is 28.9 Å². The summed E-state index contributed by atoms with van der Waals surface area (Å²) in [5.41, 5.74) is 1.24. The monoisotopic (exact) mass is 378 g/mol. The van der Waals surface area contributed by atoms with Gasteiger partial charge in [-0.05, 0) is 37.3 Å². The van der Waals surface area contributed by atoms with Crippen molar-refractivity contribution in [3.05, 3.63) is 47.5 Å². The number of carbonyl (C=O) groups is 1. The van der Waals surface area contributed by atoms with Gasteiger partial charge >= 0.3 is 0 Å². The summed E-state index contributed by atoms with van der Waals surface area (Å²) < 4.78 is 15.9. The normalized spacial score (nSPS) is 11.5. The van der Waals surface area contributed by atoms with Crippen molar-refractivity contribution < 1.29 is 19.0 Å². The van der Waals surface area contributed by atoms with Gasteiger partial charge in [-0.2, -0.15) is 0 Å². The predicted molar refractivity (Wildman–Crippen MR) is 104 cm³/mol. The average molecular weight is 379 g/mol. The van der Waals surface area contributed by atoms with Gasteiger partial charge in [0.1, 0.15) is 24.1 Å². The summed E-state index contributed by atoms with van der Waals surface area (Å²) >= 11 is 6.00. The average Bonchev–Trinajstić information content (AvgIpc) is 2.63. The molecule has 26 heavy (non-hydrogen) atoms. The van der Waals surface area contributed by atoms with E-state index in [0.717, 1.165) is 5.69 Å². The molecular formula is C19H23ClN2O4. The number of nitrogens with one attached hydrogen (secondary N) is 2. The van der Waals surface area contributed by atoms with Gasteiger partial charge in [-0.25, -0.2) is 0 Å². The third kappa shape index (κ3) is 5.54. The predicted octanol–water partition coefficient (Wildman–Crippen LogP) is 3.81. The minimum atomic E-state index is -0.508. The lowest BCUT2D eigenvalue weighted by molar-refractivity contribution is -0.116. The highest BCUT2D eigenvalue weighted by atomic mass is 35.5. The standard InChI is InChI=1S/C19H23ClN2O4/c1-13(19(23)22-16-12-14(20)8-9-17(16)25-3)21-15-6-4-5-7-18(15)26-11-10-24-2/h4-9,12-13,21H,10-11H2,1-3H3,(H,22,23). The van der Waals surface area contributed by atoms with Gasteiger partial charge in [0.2, 0.25) is 5.91 Å². The molecular weight excluding hydrogens is 356 g/mol. The van der Waals surface area contributed by atoms with E-state index in [0.29, 0.717) is 35.4 Å². The van der Waals surface area contributed by atoms with E-state index in [-0.39, 0.29) is 5.91 Å². The molecule has 0 saturated carbocycles. The topological polar surface area (TPSA) is 68.8 Å². The Morgan fingerprint density at radius 2 is 1.85 bits per heavy atom. The van der Waals surface area contributed by atoms with Crippen LogP contribution < -0.4 is 20.1 Å². The lowest BCUT2D eigenvalue weighted by Gasteiger charge is -2.19. The number of hydrogen-bond acceptors (Lipinski definition) is 5. The number of carbonyl (C=O) groups excluding carboxylic acids is 1. The number of ether oxygens (including phenoxy) is 3. The summed E-state index contributed by atoms with van der Waals surface area (Å²) in [6, 6.07) is 12.0. The van der Waals surface area contributed by atoms with Crippen LogP contribution in [-0.4, -0.2) is 39.4 Å². The molecule has 0 fully saturated rings. The summed E-state index contributed by atoms with van der Waals surface area (Å²) in [5, 5.41) is 6.49. The molecule has 0 aliphatic carbocycles. The minimum absolute atomic E-state index is 0.225. The molecule has 0 aliphatic heterocycles. The van der Waals surface area contributed by atoms with E-state index in [9.17, 15) is 4.79 Å². The maximum absolute atomic E-state index is 12.5. The maximum atomic E-state index is 12.5. The van der Waals surface area contributed by atoms with Gasteiger partial charge in [0, 0.05) is 12.1 Å². The minimum Gasteiger partial charge on any atom is -0.495 e. The zero-order valence-electron chi connectivity index (χ0n) is 15.0. The lowest BCUT2D eigenvalue weighted by atomic mass is 10.2. The number of hydrogen-bond donors (Lipinski definition) is 2. The Bertz CT molecular complexity index is 739. The van der Waals surface area contributed by atoms with E-state index in [1.807, 2.05) is 24.3 Å². The van der Waals surface area contributed by atoms with Crippen molar-refractivity contribution in [2.45, 2.75) is 13.0 Å². The van der Waals surface area contributed by atoms with Crippen LogP contribution in [0, 0.1) is 0 Å². The first-order valence-corrected chi connectivity index (χ1v) is 8.54. The number of rotatable bonds is 9. The molecule has 2 rings (SSSR count). The molecule has 2 aromatic rings. The molecule has 0 bridgehead atoms.